The van der Waals surface area contributed by atoms with Crippen LogP contribution in [0.4, 0.5) is 0 Å². The van der Waals surface area contributed by atoms with E-state index in [2.05, 4.69) is 5.32 Å². The van der Waals surface area contributed by atoms with Crippen LogP contribution in [0.3, 0.4) is 0 Å². The zero-order valence-electron chi connectivity index (χ0n) is 9.96. The third-order valence-corrected chi connectivity index (χ3v) is 2.70. The molecular formula is C10H18IN3O3. The fourth-order valence-corrected chi connectivity index (χ4v) is 1.45. The predicted molar refractivity (Wildman–Crippen MR) is 74.3 cm³/mol. The number of allylic oxidation sites excluding steroid dienone is 1. The van der Waals surface area contributed by atoms with Crippen molar-refractivity contribution in [2.75, 3.05) is 26.9 Å². The maximum absolute atomic E-state index is 11.7. The lowest BCUT2D eigenvalue weighted by Crippen LogP contribution is -2.41. The normalized spacial score (nSPS) is 13.6. The van der Waals surface area contributed by atoms with Crippen molar-refractivity contribution in [1.82, 2.24) is 5.32 Å². The number of methoxy groups -OCH3 is 1. The summed E-state index contributed by atoms with van der Waals surface area (Å²) in [5.41, 5.74) is 5.79. The summed E-state index contributed by atoms with van der Waals surface area (Å²) in [6, 6.07) is -0.191. The number of carbonyl (C=O) groups is 1. The average molecular weight is 355 g/mol. The van der Waals surface area contributed by atoms with Gasteiger partial charge in [-0.2, -0.15) is 0 Å². The number of esters is 1. The van der Waals surface area contributed by atoms with Gasteiger partial charge in [0.1, 0.15) is 5.70 Å². The second-order valence-corrected chi connectivity index (χ2v) is 4.28. The lowest BCUT2D eigenvalue weighted by Gasteiger charge is -2.19. The van der Waals surface area contributed by atoms with E-state index in [1.165, 1.54) is 0 Å². The largest absolute Gasteiger partial charge is 0.461 e. The van der Waals surface area contributed by atoms with Gasteiger partial charge in [-0.05, 0) is 29.5 Å². The van der Waals surface area contributed by atoms with E-state index in [1.807, 2.05) is 22.6 Å². The average Bonchev–Trinajstić information content (AvgIpc) is 2.33. The molecule has 0 saturated carbocycles. The van der Waals surface area contributed by atoms with Crippen molar-refractivity contribution >= 4 is 34.8 Å². The topological polar surface area (TPSA) is 97.4 Å². The van der Waals surface area contributed by atoms with Crippen molar-refractivity contribution in [3.8, 4) is 0 Å². The first-order chi connectivity index (χ1) is 8.10. The molecule has 0 radical (unpaired) electrons. The first-order valence-corrected chi connectivity index (χ1v) is 6.21. The molecule has 0 aliphatic rings. The van der Waals surface area contributed by atoms with Crippen LogP contribution < -0.4 is 11.1 Å². The van der Waals surface area contributed by atoms with Gasteiger partial charge in [-0.1, -0.05) is 0 Å². The van der Waals surface area contributed by atoms with Gasteiger partial charge in [0.25, 0.3) is 0 Å². The van der Waals surface area contributed by atoms with E-state index < -0.39 is 5.97 Å². The van der Waals surface area contributed by atoms with E-state index in [4.69, 9.17) is 20.6 Å². The van der Waals surface area contributed by atoms with Crippen molar-refractivity contribution in [2.24, 2.45) is 5.73 Å². The van der Waals surface area contributed by atoms with Crippen LogP contribution in [0.1, 0.15) is 6.92 Å². The summed E-state index contributed by atoms with van der Waals surface area (Å²) in [6.07, 6.45) is 1.08. The SMILES string of the molecule is CCOC(=O)/C(NC(CN)COC)=C(\I)C=N. The summed E-state index contributed by atoms with van der Waals surface area (Å²) >= 11 is 1.89. The standard InChI is InChI=1S/C10H18IN3O3/c1-3-17-10(15)9(8(11)5-13)14-7(4-12)6-16-2/h5,7,13-14H,3-4,6,12H2,1-2H3/b9-8+,13-5?. The molecule has 0 aliphatic heterocycles. The molecule has 0 spiro atoms. The Morgan fingerprint density at radius 3 is 2.71 bits per heavy atom. The number of carbonyl (C=O) groups excluding carboxylic acids is 1. The fraction of sp³-hybridized carbons (Fsp3) is 0.600. The highest BCUT2D eigenvalue weighted by Gasteiger charge is 2.18. The Balaban J connectivity index is 4.82. The van der Waals surface area contributed by atoms with E-state index in [0.29, 0.717) is 16.7 Å². The molecule has 7 heteroatoms. The monoisotopic (exact) mass is 355 g/mol. The summed E-state index contributed by atoms with van der Waals surface area (Å²) in [5, 5.41) is 10.1. The fourth-order valence-electron chi connectivity index (χ4n) is 1.07. The minimum Gasteiger partial charge on any atom is -0.461 e. The number of ether oxygens (including phenoxy) is 2. The molecule has 98 valence electrons. The Bertz CT molecular complexity index is 295. The highest BCUT2D eigenvalue weighted by Crippen LogP contribution is 2.10. The molecule has 0 amide bonds. The van der Waals surface area contributed by atoms with Crippen molar-refractivity contribution in [3.63, 3.8) is 0 Å². The van der Waals surface area contributed by atoms with Crippen LogP contribution in [-0.4, -0.2) is 45.1 Å². The third-order valence-electron chi connectivity index (χ3n) is 1.85. The summed E-state index contributed by atoms with van der Waals surface area (Å²) in [5.74, 6) is -0.491. The van der Waals surface area contributed by atoms with Gasteiger partial charge < -0.3 is 25.9 Å². The van der Waals surface area contributed by atoms with E-state index in [-0.39, 0.29) is 18.3 Å². The minimum absolute atomic E-state index is 0.191. The third kappa shape index (κ3) is 5.99. The number of rotatable bonds is 8. The highest BCUT2D eigenvalue weighted by atomic mass is 127. The highest BCUT2D eigenvalue weighted by molar-refractivity contribution is 14.1. The van der Waals surface area contributed by atoms with Crippen molar-refractivity contribution < 1.29 is 14.3 Å². The molecule has 0 aromatic heterocycles. The lowest BCUT2D eigenvalue weighted by molar-refractivity contribution is -0.139. The molecule has 17 heavy (non-hydrogen) atoms. The van der Waals surface area contributed by atoms with Crippen LogP contribution in [-0.2, 0) is 14.3 Å². The number of nitrogens with one attached hydrogen (secondary N) is 2. The molecule has 1 unspecified atom stereocenters. The number of hydrogen-bond donors (Lipinski definition) is 3. The Morgan fingerprint density at radius 1 is 1.65 bits per heavy atom. The zero-order chi connectivity index (χ0) is 13.3. The van der Waals surface area contributed by atoms with Gasteiger partial charge in [0.2, 0.25) is 0 Å². The molecule has 6 nitrogen and oxygen atoms in total. The molecule has 0 saturated heterocycles. The van der Waals surface area contributed by atoms with Gasteiger partial charge in [-0.15, -0.1) is 0 Å². The second kappa shape index (κ2) is 9.37. The molecule has 0 rings (SSSR count). The first-order valence-electron chi connectivity index (χ1n) is 5.13. The summed E-state index contributed by atoms with van der Waals surface area (Å²) in [7, 11) is 1.56. The maximum Gasteiger partial charge on any atom is 0.355 e. The van der Waals surface area contributed by atoms with Gasteiger partial charge in [0, 0.05) is 19.9 Å². The molecule has 0 aromatic rings. The van der Waals surface area contributed by atoms with Crippen molar-refractivity contribution in [1.29, 1.82) is 5.41 Å². The Labute approximate surface area is 115 Å². The van der Waals surface area contributed by atoms with Gasteiger partial charge >= 0.3 is 5.97 Å². The molecule has 1 atom stereocenters. The second-order valence-electron chi connectivity index (χ2n) is 3.12. The van der Waals surface area contributed by atoms with Crippen LogP contribution in [0.25, 0.3) is 0 Å². The van der Waals surface area contributed by atoms with E-state index in [0.717, 1.165) is 6.21 Å². The predicted octanol–water partition coefficient (Wildman–Crippen LogP) is 0.409. The van der Waals surface area contributed by atoms with E-state index >= 15 is 0 Å². The molecule has 0 bridgehead atoms. The Kier molecular flexibility index (Phi) is 9.00. The summed E-state index contributed by atoms with van der Waals surface area (Å²) < 4.78 is 10.3. The van der Waals surface area contributed by atoms with E-state index in [9.17, 15) is 4.79 Å². The van der Waals surface area contributed by atoms with Crippen LogP contribution in [0.2, 0.25) is 0 Å². The Hall–Kier alpha value is -0.670. The van der Waals surface area contributed by atoms with Gasteiger partial charge in [0.15, 0.2) is 0 Å². The van der Waals surface area contributed by atoms with E-state index in [1.54, 1.807) is 14.0 Å². The molecule has 0 aromatic carbocycles. The van der Waals surface area contributed by atoms with Crippen LogP contribution in [0.5, 0.6) is 0 Å². The quantitative estimate of drug-likeness (QED) is 0.254. The first kappa shape index (κ1) is 16.3. The maximum atomic E-state index is 11.7. The van der Waals surface area contributed by atoms with Crippen LogP contribution in [0, 0.1) is 5.41 Å². The molecule has 0 heterocycles. The number of nitrogens with two attached hydrogens (primary N) is 1. The summed E-state index contributed by atoms with van der Waals surface area (Å²) in [6.45, 7) is 2.70. The number of hydrogen-bond acceptors (Lipinski definition) is 6. The van der Waals surface area contributed by atoms with Crippen molar-refractivity contribution in [3.05, 3.63) is 9.28 Å². The molecule has 0 fully saturated rings. The number of halogens is 1. The zero-order valence-corrected chi connectivity index (χ0v) is 12.1. The van der Waals surface area contributed by atoms with Crippen LogP contribution in [0.15, 0.2) is 9.28 Å². The molecular weight excluding hydrogens is 337 g/mol. The van der Waals surface area contributed by atoms with Gasteiger partial charge in [-0.25, -0.2) is 4.79 Å². The lowest BCUT2D eigenvalue weighted by atomic mass is 10.3. The molecule has 4 N–H and O–H groups in total. The molecule has 0 aliphatic carbocycles. The van der Waals surface area contributed by atoms with Gasteiger partial charge in [0.05, 0.1) is 22.8 Å². The smallest absolute Gasteiger partial charge is 0.355 e. The van der Waals surface area contributed by atoms with Gasteiger partial charge in [-0.3, -0.25) is 0 Å². The Morgan fingerprint density at radius 2 is 2.29 bits per heavy atom. The minimum atomic E-state index is -0.491. The van der Waals surface area contributed by atoms with Crippen LogP contribution >= 0.6 is 22.6 Å². The van der Waals surface area contributed by atoms with Crippen molar-refractivity contribution in [2.45, 2.75) is 13.0 Å². The summed E-state index contributed by atoms with van der Waals surface area (Å²) in [4.78, 5) is 11.7.